The lowest BCUT2D eigenvalue weighted by Crippen LogP contribution is -2.13. The van der Waals surface area contributed by atoms with Crippen LogP contribution in [0.25, 0.3) is 22.4 Å². The molecule has 0 atom stereocenters. The zero-order valence-corrected chi connectivity index (χ0v) is 19.2. The van der Waals surface area contributed by atoms with Gasteiger partial charge in [-0.2, -0.15) is 5.10 Å². The number of ether oxygens (including phenoxy) is 1. The fourth-order valence-corrected chi connectivity index (χ4v) is 3.91. The van der Waals surface area contributed by atoms with Gasteiger partial charge in [0, 0.05) is 23.1 Å². The van der Waals surface area contributed by atoms with Crippen LogP contribution < -0.4 is 10.1 Å². The van der Waals surface area contributed by atoms with Crippen LogP contribution in [0, 0.1) is 6.92 Å². The highest BCUT2D eigenvalue weighted by atomic mass is 35.5. The fraction of sp³-hybridized carbons (Fsp3) is 0.120. The summed E-state index contributed by atoms with van der Waals surface area (Å²) in [5.74, 6) is 0.438. The molecule has 0 aliphatic rings. The van der Waals surface area contributed by atoms with Gasteiger partial charge in [0.05, 0.1) is 35.8 Å². The van der Waals surface area contributed by atoms with Crippen molar-refractivity contribution in [3.05, 3.63) is 88.8 Å². The number of methoxy groups -OCH3 is 1. The lowest BCUT2D eigenvalue weighted by molar-refractivity contribution is 0.102. The summed E-state index contributed by atoms with van der Waals surface area (Å²) >= 11 is 5.95. The summed E-state index contributed by atoms with van der Waals surface area (Å²) in [4.78, 5) is 17.8. The van der Waals surface area contributed by atoms with Crippen LogP contribution in [0.3, 0.4) is 0 Å². The number of anilines is 1. The third-order valence-electron chi connectivity index (χ3n) is 5.31. The van der Waals surface area contributed by atoms with E-state index in [1.54, 1.807) is 30.3 Å². The van der Waals surface area contributed by atoms with Gasteiger partial charge in [0.1, 0.15) is 11.4 Å². The maximum Gasteiger partial charge on any atom is 0.259 e. The Hall–Kier alpha value is -4.17. The van der Waals surface area contributed by atoms with E-state index < -0.39 is 0 Å². The van der Waals surface area contributed by atoms with Gasteiger partial charge in [-0.25, -0.2) is 4.98 Å². The van der Waals surface area contributed by atoms with Crippen molar-refractivity contribution in [1.82, 2.24) is 19.9 Å². The number of halogens is 1. The van der Waals surface area contributed by atoms with Crippen LogP contribution >= 0.6 is 11.6 Å². The number of nitrogens with one attached hydrogen (secondary N) is 1. The lowest BCUT2D eigenvalue weighted by atomic mass is 10.0. The van der Waals surface area contributed by atoms with Crippen molar-refractivity contribution >= 4 is 34.3 Å². The van der Waals surface area contributed by atoms with Crippen LogP contribution in [0.2, 0.25) is 5.02 Å². The predicted octanol–water partition coefficient (Wildman–Crippen LogP) is 5.36. The third-order valence-corrected chi connectivity index (χ3v) is 5.51. The first kappa shape index (κ1) is 21.7. The van der Waals surface area contributed by atoms with Crippen molar-refractivity contribution in [3.8, 4) is 17.0 Å². The van der Waals surface area contributed by atoms with Crippen molar-refractivity contribution < 1.29 is 14.1 Å². The van der Waals surface area contributed by atoms with Crippen molar-refractivity contribution in [2.75, 3.05) is 12.4 Å². The zero-order valence-electron chi connectivity index (χ0n) is 18.4. The van der Waals surface area contributed by atoms with Gasteiger partial charge in [0.25, 0.3) is 11.6 Å². The number of pyridine rings is 1. The molecule has 170 valence electrons. The molecule has 5 rings (SSSR count). The minimum Gasteiger partial charge on any atom is -0.497 e. The number of aromatic nitrogens is 4. The Labute approximate surface area is 200 Å². The molecular weight excluding hydrogens is 454 g/mol. The second-order valence-electron chi connectivity index (χ2n) is 7.76. The van der Waals surface area contributed by atoms with Gasteiger partial charge < -0.3 is 14.6 Å². The van der Waals surface area contributed by atoms with E-state index in [-0.39, 0.29) is 5.91 Å². The van der Waals surface area contributed by atoms with E-state index in [9.17, 15) is 4.79 Å². The van der Waals surface area contributed by atoms with Crippen LogP contribution in [0.1, 0.15) is 21.6 Å². The Bertz CT molecular complexity index is 1490. The average molecular weight is 474 g/mol. The Morgan fingerprint density at radius 1 is 1.18 bits per heavy atom. The van der Waals surface area contributed by atoms with Crippen LogP contribution in [-0.4, -0.2) is 32.9 Å². The van der Waals surface area contributed by atoms with Crippen LogP contribution in [-0.2, 0) is 6.54 Å². The summed E-state index contributed by atoms with van der Waals surface area (Å²) in [6.45, 7) is 2.34. The first-order chi connectivity index (χ1) is 16.5. The van der Waals surface area contributed by atoms with E-state index in [4.69, 9.17) is 20.9 Å². The van der Waals surface area contributed by atoms with Crippen LogP contribution in [0.5, 0.6) is 5.75 Å². The van der Waals surface area contributed by atoms with E-state index in [2.05, 4.69) is 20.6 Å². The minimum absolute atomic E-state index is 0.284. The number of fused-ring (bicyclic) bond motifs is 1. The molecule has 1 amide bonds. The van der Waals surface area contributed by atoms with Crippen LogP contribution in [0.4, 0.5) is 5.69 Å². The SMILES string of the molecule is COc1ccc(-c2noc3nc(C)cc(C(=O)Nc4cccc(Cn5cc(Cl)cn5)c4)c23)cc1. The Morgan fingerprint density at radius 2 is 2.00 bits per heavy atom. The normalized spacial score (nSPS) is 11.0. The molecule has 9 heteroatoms. The molecule has 0 unspecified atom stereocenters. The van der Waals surface area contributed by atoms with Gasteiger partial charge in [0.2, 0.25) is 0 Å². The third kappa shape index (κ3) is 4.35. The second-order valence-corrected chi connectivity index (χ2v) is 8.20. The smallest absolute Gasteiger partial charge is 0.259 e. The number of carbonyl (C=O) groups is 1. The minimum atomic E-state index is -0.284. The first-order valence-electron chi connectivity index (χ1n) is 10.5. The molecule has 1 N–H and O–H groups in total. The molecule has 0 fully saturated rings. The molecule has 0 saturated carbocycles. The molecule has 8 nitrogen and oxygen atoms in total. The molecule has 3 heterocycles. The van der Waals surface area contributed by atoms with Gasteiger partial charge in [-0.15, -0.1) is 0 Å². The van der Waals surface area contributed by atoms with Gasteiger partial charge in [-0.1, -0.05) is 28.9 Å². The Kier molecular flexibility index (Phi) is 5.73. The Morgan fingerprint density at radius 3 is 2.74 bits per heavy atom. The maximum atomic E-state index is 13.4. The largest absolute Gasteiger partial charge is 0.497 e. The summed E-state index contributed by atoms with van der Waals surface area (Å²) < 4.78 is 12.4. The van der Waals surface area contributed by atoms with E-state index in [0.29, 0.717) is 45.3 Å². The molecule has 0 aliphatic carbocycles. The summed E-state index contributed by atoms with van der Waals surface area (Å²) in [7, 11) is 1.61. The Balaban J connectivity index is 1.47. The molecule has 0 aliphatic heterocycles. The predicted molar refractivity (Wildman–Crippen MR) is 129 cm³/mol. The van der Waals surface area contributed by atoms with Crippen molar-refractivity contribution in [3.63, 3.8) is 0 Å². The number of carbonyl (C=O) groups excluding carboxylic acids is 1. The topological polar surface area (TPSA) is 95.1 Å². The van der Waals surface area contributed by atoms with Gasteiger partial charge in [-0.05, 0) is 55.0 Å². The molecule has 0 saturated heterocycles. The molecule has 34 heavy (non-hydrogen) atoms. The molecule has 5 aromatic rings. The molecule has 0 bridgehead atoms. The van der Waals surface area contributed by atoms with Crippen molar-refractivity contribution in [2.24, 2.45) is 0 Å². The second kappa shape index (κ2) is 8.99. The zero-order chi connectivity index (χ0) is 23.7. The molecule has 0 spiro atoms. The first-order valence-corrected chi connectivity index (χ1v) is 10.9. The number of hydrogen-bond donors (Lipinski definition) is 1. The van der Waals surface area contributed by atoms with E-state index in [0.717, 1.165) is 16.9 Å². The monoisotopic (exact) mass is 473 g/mol. The standard InChI is InChI=1S/C25H20ClN5O3/c1-15-10-21(22-23(30-34-25(22)28-15)17-6-8-20(33-2)9-7-17)24(32)29-19-5-3-4-16(11-19)13-31-14-18(26)12-27-31/h3-12,14H,13H2,1-2H3,(H,29,32). The van der Waals surface area contributed by atoms with Crippen molar-refractivity contribution in [2.45, 2.75) is 13.5 Å². The highest BCUT2D eigenvalue weighted by molar-refractivity contribution is 6.30. The lowest BCUT2D eigenvalue weighted by Gasteiger charge is -2.09. The number of benzene rings is 2. The highest BCUT2D eigenvalue weighted by Gasteiger charge is 2.21. The summed E-state index contributed by atoms with van der Waals surface area (Å²) in [5, 5.41) is 12.5. The number of amides is 1. The fourth-order valence-electron chi connectivity index (χ4n) is 3.76. The van der Waals surface area contributed by atoms with E-state index in [1.165, 1.54) is 0 Å². The van der Waals surface area contributed by atoms with Crippen LogP contribution in [0.15, 0.2) is 71.5 Å². The number of hydrogen-bond acceptors (Lipinski definition) is 6. The van der Waals surface area contributed by atoms with E-state index >= 15 is 0 Å². The molecule has 2 aromatic carbocycles. The number of rotatable bonds is 6. The average Bonchev–Trinajstić information content (AvgIpc) is 3.44. The maximum absolute atomic E-state index is 13.4. The molecule has 0 radical (unpaired) electrons. The highest BCUT2D eigenvalue weighted by Crippen LogP contribution is 2.32. The van der Waals surface area contributed by atoms with E-state index in [1.807, 2.05) is 55.5 Å². The number of aryl methyl sites for hydroxylation is 1. The summed E-state index contributed by atoms with van der Waals surface area (Å²) in [6.07, 6.45) is 3.33. The number of nitrogens with zero attached hydrogens (tertiary/aromatic N) is 4. The van der Waals surface area contributed by atoms with Gasteiger partial charge >= 0.3 is 0 Å². The van der Waals surface area contributed by atoms with Gasteiger partial charge in [-0.3, -0.25) is 9.48 Å². The van der Waals surface area contributed by atoms with Gasteiger partial charge in [0.15, 0.2) is 0 Å². The van der Waals surface area contributed by atoms with Crippen molar-refractivity contribution in [1.29, 1.82) is 0 Å². The molecular formula is C25H20ClN5O3. The quantitative estimate of drug-likeness (QED) is 0.357. The molecule has 3 aromatic heterocycles. The summed E-state index contributed by atoms with van der Waals surface area (Å²) in [5.41, 5.74) is 4.35. The summed E-state index contributed by atoms with van der Waals surface area (Å²) in [6, 6.07) is 16.7.